The molecular formula is C17H18N2. The van der Waals surface area contributed by atoms with Crippen molar-refractivity contribution < 1.29 is 0 Å². The van der Waals surface area contributed by atoms with Crippen LogP contribution in [0, 0.1) is 16.7 Å². The molecule has 2 heteroatoms. The standard InChI is InChI=1S/C17H18N2/c1-17(2,12-18)13-19-16-10-8-15(9-11-16)14-6-4-3-5-7-14/h3-11,19H,13H2,1-2H3. The molecule has 1 N–H and O–H groups in total. The van der Waals surface area contributed by atoms with Crippen LogP contribution in [-0.2, 0) is 0 Å². The van der Waals surface area contributed by atoms with Crippen LogP contribution in [0.5, 0.6) is 0 Å². The Bertz CT molecular complexity index is 562. The lowest BCUT2D eigenvalue weighted by Crippen LogP contribution is -2.20. The zero-order valence-corrected chi connectivity index (χ0v) is 11.4. The molecule has 0 aliphatic rings. The Kier molecular flexibility index (Phi) is 3.87. The first-order valence-electron chi connectivity index (χ1n) is 6.41. The Morgan fingerprint density at radius 3 is 2.11 bits per heavy atom. The maximum atomic E-state index is 8.97. The van der Waals surface area contributed by atoms with Gasteiger partial charge >= 0.3 is 0 Å². The van der Waals surface area contributed by atoms with Crippen LogP contribution < -0.4 is 5.32 Å². The van der Waals surface area contributed by atoms with E-state index < -0.39 is 0 Å². The van der Waals surface area contributed by atoms with E-state index in [1.807, 2.05) is 32.0 Å². The second kappa shape index (κ2) is 5.58. The van der Waals surface area contributed by atoms with Crippen LogP contribution in [0.3, 0.4) is 0 Å². The van der Waals surface area contributed by atoms with Gasteiger partial charge in [-0.2, -0.15) is 5.26 Å². The lowest BCUT2D eigenvalue weighted by atomic mass is 9.96. The third-order valence-corrected chi connectivity index (χ3v) is 3.03. The second-order valence-corrected chi connectivity index (χ2v) is 5.29. The smallest absolute Gasteiger partial charge is 0.0702 e. The largest absolute Gasteiger partial charge is 0.383 e. The van der Waals surface area contributed by atoms with Crippen molar-refractivity contribution in [2.45, 2.75) is 13.8 Å². The van der Waals surface area contributed by atoms with E-state index in [-0.39, 0.29) is 5.41 Å². The summed E-state index contributed by atoms with van der Waals surface area (Å²) >= 11 is 0. The van der Waals surface area contributed by atoms with E-state index in [1.165, 1.54) is 11.1 Å². The summed E-state index contributed by atoms with van der Waals surface area (Å²) in [6.07, 6.45) is 0. The molecule has 0 fully saturated rings. The SMILES string of the molecule is CC(C)(C#N)CNc1ccc(-c2ccccc2)cc1. The van der Waals surface area contributed by atoms with E-state index in [2.05, 4.69) is 47.8 Å². The van der Waals surface area contributed by atoms with Gasteiger partial charge in [-0.1, -0.05) is 42.5 Å². The van der Waals surface area contributed by atoms with Crippen LogP contribution in [0.25, 0.3) is 11.1 Å². The highest BCUT2D eigenvalue weighted by atomic mass is 14.9. The maximum Gasteiger partial charge on any atom is 0.0702 e. The van der Waals surface area contributed by atoms with E-state index in [4.69, 9.17) is 5.26 Å². The van der Waals surface area contributed by atoms with Crippen molar-refractivity contribution in [3.05, 3.63) is 54.6 Å². The van der Waals surface area contributed by atoms with Crippen molar-refractivity contribution in [2.75, 3.05) is 11.9 Å². The molecule has 0 saturated heterocycles. The third kappa shape index (κ3) is 3.59. The highest BCUT2D eigenvalue weighted by Crippen LogP contribution is 2.22. The Labute approximate surface area is 114 Å². The molecule has 0 amide bonds. The fourth-order valence-electron chi connectivity index (χ4n) is 1.77. The normalized spacial score (nSPS) is 10.8. The van der Waals surface area contributed by atoms with Gasteiger partial charge in [0, 0.05) is 12.2 Å². The summed E-state index contributed by atoms with van der Waals surface area (Å²) in [5, 5.41) is 12.3. The molecule has 2 nitrogen and oxygen atoms in total. The van der Waals surface area contributed by atoms with Crippen LogP contribution in [-0.4, -0.2) is 6.54 Å². The van der Waals surface area contributed by atoms with Gasteiger partial charge in [0.1, 0.15) is 0 Å². The summed E-state index contributed by atoms with van der Waals surface area (Å²) in [4.78, 5) is 0. The van der Waals surface area contributed by atoms with Gasteiger partial charge in [0.15, 0.2) is 0 Å². The van der Waals surface area contributed by atoms with Gasteiger partial charge in [0.2, 0.25) is 0 Å². The van der Waals surface area contributed by atoms with Gasteiger partial charge in [-0.05, 0) is 37.1 Å². The van der Waals surface area contributed by atoms with E-state index in [0.717, 1.165) is 5.69 Å². The summed E-state index contributed by atoms with van der Waals surface area (Å²) in [6, 6.07) is 20.9. The summed E-state index contributed by atoms with van der Waals surface area (Å²) in [6.45, 7) is 4.50. The molecule has 2 aromatic rings. The van der Waals surface area contributed by atoms with Gasteiger partial charge in [-0.15, -0.1) is 0 Å². The van der Waals surface area contributed by atoms with Crippen molar-refractivity contribution in [2.24, 2.45) is 5.41 Å². The predicted octanol–water partition coefficient (Wildman–Crippen LogP) is 4.32. The van der Waals surface area contributed by atoms with Gasteiger partial charge in [0.25, 0.3) is 0 Å². The fraction of sp³-hybridized carbons (Fsp3) is 0.235. The van der Waals surface area contributed by atoms with Crippen LogP contribution in [0.4, 0.5) is 5.69 Å². The average Bonchev–Trinajstić information content (AvgIpc) is 2.47. The molecule has 19 heavy (non-hydrogen) atoms. The molecule has 0 aliphatic heterocycles. The number of anilines is 1. The van der Waals surface area contributed by atoms with Crippen LogP contribution >= 0.6 is 0 Å². The molecule has 0 heterocycles. The molecule has 0 aromatic heterocycles. The molecular weight excluding hydrogens is 232 g/mol. The minimum absolute atomic E-state index is 0.349. The van der Waals surface area contributed by atoms with Crippen LogP contribution in [0.15, 0.2) is 54.6 Å². The molecule has 2 rings (SSSR count). The number of nitrogens with one attached hydrogen (secondary N) is 1. The lowest BCUT2D eigenvalue weighted by Gasteiger charge is -2.17. The summed E-state index contributed by atoms with van der Waals surface area (Å²) < 4.78 is 0. The van der Waals surface area contributed by atoms with E-state index in [0.29, 0.717) is 6.54 Å². The molecule has 0 saturated carbocycles. The lowest BCUT2D eigenvalue weighted by molar-refractivity contribution is 0.529. The first-order chi connectivity index (χ1) is 9.11. The maximum absolute atomic E-state index is 8.97. The predicted molar refractivity (Wildman–Crippen MR) is 79.8 cm³/mol. The number of hydrogen-bond acceptors (Lipinski definition) is 2. The Hall–Kier alpha value is -2.27. The zero-order chi connectivity index (χ0) is 13.7. The second-order valence-electron chi connectivity index (χ2n) is 5.29. The highest BCUT2D eigenvalue weighted by molar-refractivity contribution is 5.65. The highest BCUT2D eigenvalue weighted by Gasteiger charge is 2.15. The van der Waals surface area contributed by atoms with Crippen molar-refractivity contribution in [3.8, 4) is 17.2 Å². The molecule has 0 aliphatic carbocycles. The summed E-state index contributed by atoms with van der Waals surface area (Å²) in [7, 11) is 0. The Balaban J connectivity index is 2.06. The number of benzene rings is 2. The minimum Gasteiger partial charge on any atom is -0.383 e. The molecule has 0 spiro atoms. The van der Waals surface area contributed by atoms with E-state index in [1.54, 1.807) is 0 Å². The number of hydrogen-bond donors (Lipinski definition) is 1. The molecule has 0 unspecified atom stereocenters. The van der Waals surface area contributed by atoms with Gasteiger partial charge in [-0.3, -0.25) is 0 Å². The summed E-state index contributed by atoms with van der Waals surface area (Å²) in [5.41, 5.74) is 3.11. The average molecular weight is 250 g/mol. The van der Waals surface area contributed by atoms with Crippen molar-refractivity contribution in [1.29, 1.82) is 5.26 Å². The van der Waals surface area contributed by atoms with Gasteiger partial charge in [-0.25, -0.2) is 0 Å². The van der Waals surface area contributed by atoms with Crippen LogP contribution in [0.1, 0.15) is 13.8 Å². The first-order valence-corrected chi connectivity index (χ1v) is 6.41. The topological polar surface area (TPSA) is 35.8 Å². The van der Waals surface area contributed by atoms with Crippen molar-refractivity contribution in [1.82, 2.24) is 0 Å². The van der Waals surface area contributed by atoms with Crippen LogP contribution in [0.2, 0.25) is 0 Å². The third-order valence-electron chi connectivity index (χ3n) is 3.03. The zero-order valence-electron chi connectivity index (χ0n) is 11.4. The van der Waals surface area contributed by atoms with Crippen molar-refractivity contribution in [3.63, 3.8) is 0 Å². The van der Waals surface area contributed by atoms with Gasteiger partial charge < -0.3 is 5.32 Å². The van der Waals surface area contributed by atoms with Crippen molar-refractivity contribution >= 4 is 5.69 Å². The quantitative estimate of drug-likeness (QED) is 0.877. The molecule has 0 radical (unpaired) electrons. The fourth-order valence-corrected chi connectivity index (χ4v) is 1.77. The minimum atomic E-state index is -0.349. The van der Waals surface area contributed by atoms with Gasteiger partial charge in [0.05, 0.1) is 11.5 Å². The molecule has 0 bridgehead atoms. The van der Waals surface area contributed by atoms with E-state index in [9.17, 15) is 0 Å². The Morgan fingerprint density at radius 1 is 0.947 bits per heavy atom. The molecule has 0 atom stereocenters. The molecule has 96 valence electrons. The summed E-state index contributed by atoms with van der Waals surface area (Å²) in [5.74, 6) is 0. The Morgan fingerprint density at radius 2 is 1.53 bits per heavy atom. The molecule has 2 aromatic carbocycles. The number of nitriles is 1. The number of nitrogens with zero attached hydrogens (tertiary/aromatic N) is 1. The number of rotatable bonds is 4. The monoisotopic (exact) mass is 250 g/mol. The first kappa shape index (κ1) is 13.2. The van der Waals surface area contributed by atoms with E-state index >= 15 is 0 Å².